The number of nitrogens with one attached hydrogen (secondary N) is 2. The zero-order valence-electron chi connectivity index (χ0n) is 12.5. The third kappa shape index (κ3) is 2.10. The topological polar surface area (TPSA) is 111 Å². The Morgan fingerprint density at radius 2 is 2.33 bits per heavy atom. The van der Waals surface area contributed by atoms with E-state index in [4.69, 9.17) is 21.4 Å². The van der Waals surface area contributed by atoms with Gasteiger partial charge in [0.15, 0.2) is 18.2 Å². The van der Waals surface area contributed by atoms with Crippen LogP contribution in [0.5, 0.6) is 0 Å². The highest BCUT2D eigenvalue weighted by molar-refractivity contribution is 7.85. The fourth-order valence-corrected chi connectivity index (χ4v) is 4.56. The maximum atomic E-state index is 10.6. The summed E-state index contributed by atoms with van der Waals surface area (Å²) in [6.07, 6.45) is 2.56. The molecule has 3 unspecified atom stereocenters. The molecule has 2 fully saturated rings. The largest absolute Gasteiger partial charge is 0.488 e. The number of aliphatic imine (C=N–C) groups is 1. The normalized spacial score (nSPS) is 45.8. The van der Waals surface area contributed by atoms with Crippen LogP contribution in [0.1, 0.15) is 0 Å². The molecule has 5 heterocycles. The van der Waals surface area contributed by atoms with Crippen molar-refractivity contribution < 1.29 is 23.8 Å². The molecule has 0 spiro atoms. The second-order valence-corrected chi connectivity index (χ2v) is 7.70. The number of ether oxygens (including phenoxy) is 1. The lowest BCUT2D eigenvalue weighted by Crippen LogP contribution is -2.45. The number of nitrogens with zero attached hydrogens (tertiary/aromatic N) is 3. The molecule has 2 saturated heterocycles. The predicted molar refractivity (Wildman–Crippen MR) is 83.6 cm³/mol. The van der Waals surface area contributed by atoms with Gasteiger partial charge in [-0.05, 0) is 0 Å². The van der Waals surface area contributed by atoms with E-state index in [1.165, 1.54) is 0 Å². The van der Waals surface area contributed by atoms with E-state index in [0.717, 1.165) is 5.70 Å². The van der Waals surface area contributed by atoms with Crippen LogP contribution in [0, 0.1) is 0 Å². The number of hydrogen-bond acceptors (Lipinski definition) is 10. The third-order valence-corrected chi connectivity index (χ3v) is 5.72. The van der Waals surface area contributed by atoms with Gasteiger partial charge in [0.2, 0.25) is 0 Å². The van der Waals surface area contributed by atoms with Crippen LogP contribution < -0.4 is 10.6 Å². The SMILES string of the molecule is [B][P+]1(O)OCC2O[C@@H](N3CNC4=C3N=CN3C=CNC43)[C@@H](O)[C@H]2O1. The van der Waals surface area contributed by atoms with Crippen molar-refractivity contribution in [2.24, 2.45) is 4.99 Å². The molecule has 0 saturated carbocycles. The standard InChI is InChI=1S/C12H16BN5O5P/c13-24(20)21-3-6-9(23-24)8(19)12(22-6)18-5-15-7-10-14-1-2-17(10)4-16-11(7)18/h1-2,4,6,8-10,12,14-15,19-20H,3,5H2/q+1/t6?,8-,9-,10?,12+,24?/m0/s1. The summed E-state index contributed by atoms with van der Waals surface area (Å²) in [5.74, 6) is 0.703. The first-order chi connectivity index (χ1) is 11.5. The second-order valence-electron chi connectivity index (χ2n) is 6.10. The van der Waals surface area contributed by atoms with E-state index in [1.807, 2.05) is 22.2 Å². The molecule has 12 heteroatoms. The fraction of sp³-hybridized carbons (Fsp3) is 0.583. The Hall–Kier alpha value is -1.36. The average Bonchev–Trinajstić information content (AvgIpc) is 3.23. The summed E-state index contributed by atoms with van der Waals surface area (Å²) in [7, 11) is 2.15. The Morgan fingerprint density at radius 1 is 1.46 bits per heavy atom. The fourth-order valence-electron chi connectivity index (χ4n) is 3.53. The van der Waals surface area contributed by atoms with Crippen LogP contribution in [0.4, 0.5) is 0 Å². The molecular weight excluding hydrogens is 336 g/mol. The van der Waals surface area contributed by atoms with Crippen molar-refractivity contribution in [1.82, 2.24) is 20.4 Å². The van der Waals surface area contributed by atoms with Crippen molar-refractivity contribution in [1.29, 1.82) is 0 Å². The van der Waals surface area contributed by atoms with E-state index in [-0.39, 0.29) is 12.8 Å². The van der Waals surface area contributed by atoms with Crippen LogP contribution in [0.3, 0.4) is 0 Å². The van der Waals surface area contributed by atoms with E-state index < -0.39 is 32.4 Å². The first-order valence-corrected chi connectivity index (χ1v) is 9.24. The minimum absolute atomic E-state index is 0.0389. The number of aliphatic hydroxyl groups is 1. The van der Waals surface area contributed by atoms with Crippen molar-refractivity contribution in [2.45, 2.75) is 30.7 Å². The molecule has 0 amide bonds. The molecule has 5 rings (SSSR count). The minimum atomic E-state index is -3.39. The Bertz CT molecular complexity index is 660. The van der Waals surface area contributed by atoms with Gasteiger partial charge in [-0.25, -0.2) is 9.89 Å². The van der Waals surface area contributed by atoms with Gasteiger partial charge in [-0.1, -0.05) is 0 Å². The van der Waals surface area contributed by atoms with E-state index >= 15 is 0 Å². The van der Waals surface area contributed by atoms with Crippen molar-refractivity contribution in [2.75, 3.05) is 13.3 Å². The lowest BCUT2D eigenvalue weighted by Gasteiger charge is -2.30. The molecule has 5 aliphatic rings. The second kappa shape index (κ2) is 5.07. The van der Waals surface area contributed by atoms with E-state index in [0.29, 0.717) is 12.5 Å². The van der Waals surface area contributed by atoms with Gasteiger partial charge in [-0.15, -0.1) is 0 Å². The molecule has 2 radical (unpaired) electrons. The summed E-state index contributed by atoms with van der Waals surface area (Å²) >= 11 is 0. The van der Waals surface area contributed by atoms with Gasteiger partial charge < -0.3 is 30.3 Å². The molecule has 10 nitrogen and oxygen atoms in total. The molecule has 6 atom stereocenters. The Labute approximate surface area is 139 Å². The van der Waals surface area contributed by atoms with Crippen LogP contribution in [0.25, 0.3) is 0 Å². The van der Waals surface area contributed by atoms with E-state index in [1.54, 1.807) is 6.34 Å². The maximum Gasteiger partial charge on any atom is 0.488 e. The summed E-state index contributed by atoms with van der Waals surface area (Å²) in [4.78, 5) is 18.0. The van der Waals surface area contributed by atoms with Crippen LogP contribution in [-0.2, 0) is 13.8 Å². The summed E-state index contributed by atoms with van der Waals surface area (Å²) < 4.78 is 16.3. The van der Waals surface area contributed by atoms with E-state index in [2.05, 4.69) is 15.6 Å². The molecule has 4 N–H and O–H groups in total. The van der Waals surface area contributed by atoms with Gasteiger partial charge in [0.1, 0.15) is 25.0 Å². The van der Waals surface area contributed by atoms with Gasteiger partial charge in [-0.2, -0.15) is 9.05 Å². The molecular formula is C12H16BN5O5P+. The molecule has 126 valence electrons. The molecule has 24 heavy (non-hydrogen) atoms. The zero-order valence-corrected chi connectivity index (χ0v) is 13.4. The highest BCUT2D eigenvalue weighted by Gasteiger charge is 2.58. The van der Waals surface area contributed by atoms with Gasteiger partial charge in [0, 0.05) is 12.4 Å². The van der Waals surface area contributed by atoms with Gasteiger partial charge >= 0.3 is 15.4 Å². The van der Waals surface area contributed by atoms with Gasteiger partial charge in [0.05, 0.1) is 18.7 Å². The number of hydrogen-bond donors (Lipinski definition) is 4. The first-order valence-electron chi connectivity index (χ1n) is 7.59. The smallest absolute Gasteiger partial charge is 0.385 e. The Kier molecular flexibility index (Phi) is 3.16. The van der Waals surface area contributed by atoms with Crippen LogP contribution in [-0.4, -0.2) is 77.7 Å². The first kappa shape index (κ1) is 14.9. The van der Waals surface area contributed by atoms with Crippen molar-refractivity contribution in [3.05, 3.63) is 23.9 Å². The number of fused-ring (bicyclic) bond motifs is 3. The van der Waals surface area contributed by atoms with Gasteiger partial charge in [-0.3, -0.25) is 0 Å². The maximum absolute atomic E-state index is 10.6. The summed E-state index contributed by atoms with van der Waals surface area (Å²) in [5, 5.41) is 17.1. The van der Waals surface area contributed by atoms with Crippen molar-refractivity contribution >= 4 is 21.7 Å². The molecule has 0 bridgehead atoms. The zero-order chi connectivity index (χ0) is 16.5. The molecule has 0 aromatic rings. The number of aliphatic hydroxyl groups excluding tert-OH is 1. The van der Waals surface area contributed by atoms with Crippen molar-refractivity contribution in [3.8, 4) is 0 Å². The van der Waals surface area contributed by atoms with Crippen LogP contribution in [0.2, 0.25) is 0 Å². The average molecular weight is 352 g/mol. The highest BCUT2D eigenvalue weighted by atomic mass is 31.2. The predicted octanol–water partition coefficient (Wildman–Crippen LogP) is -1.90. The summed E-state index contributed by atoms with van der Waals surface area (Å²) in [5.41, 5.74) is 0.910. The Balaban J connectivity index is 1.39. The quantitative estimate of drug-likeness (QED) is 0.318. The molecule has 0 aromatic carbocycles. The number of rotatable bonds is 1. The third-order valence-electron chi connectivity index (χ3n) is 4.65. The lowest BCUT2D eigenvalue weighted by atomic mass is 10.1. The molecule has 5 aliphatic heterocycles. The van der Waals surface area contributed by atoms with Crippen molar-refractivity contribution in [3.63, 3.8) is 0 Å². The molecule has 0 aromatic heterocycles. The lowest BCUT2D eigenvalue weighted by molar-refractivity contribution is -0.0847. The van der Waals surface area contributed by atoms with Gasteiger partial charge in [0.25, 0.3) is 0 Å². The van der Waals surface area contributed by atoms with E-state index in [9.17, 15) is 10.00 Å². The molecule has 0 aliphatic carbocycles. The van der Waals surface area contributed by atoms with Crippen LogP contribution >= 0.6 is 7.82 Å². The Morgan fingerprint density at radius 3 is 3.21 bits per heavy atom. The minimum Gasteiger partial charge on any atom is -0.385 e. The highest BCUT2D eigenvalue weighted by Crippen LogP contribution is 2.58. The monoisotopic (exact) mass is 352 g/mol. The summed E-state index contributed by atoms with van der Waals surface area (Å²) in [6.45, 7) is 0.523. The van der Waals surface area contributed by atoms with Crippen LogP contribution in [0.15, 0.2) is 28.9 Å². The summed E-state index contributed by atoms with van der Waals surface area (Å²) in [6, 6.07) is 0.